The quantitative estimate of drug-likeness (QED) is 0.721. The largest absolute Gasteiger partial charge is 0.353 e. The van der Waals surface area contributed by atoms with E-state index in [-0.39, 0.29) is 5.91 Å². The van der Waals surface area contributed by atoms with E-state index in [0.29, 0.717) is 18.5 Å². The molecule has 2 aliphatic heterocycles. The number of piperazine rings is 1. The van der Waals surface area contributed by atoms with Gasteiger partial charge in [0.25, 0.3) is 0 Å². The fourth-order valence-corrected chi connectivity index (χ4v) is 5.17. The predicted molar refractivity (Wildman–Crippen MR) is 112 cm³/mol. The predicted octanol–water partition coefficient (Wildman–Crippen LogP) is 2.56. The van der Waals surface area contributed by atoms with E-state index in [4.69, 9.17) is 0 Å². The minimum Gasteiger partial charge on any atom is -0.353 e. The molecule has 0 aromatic carbocycles. The van der Waals surface area contributed by atoms with Gasteiger partial charge in [0.15, 0.2) is 0 Å². The molecule has 1 atom stereocenters. The Bertz CT molecular complexity index is 434. The molecule has 156 valence electrons. The normalized spacial score (nSPS) is 26.6. The number of rotatable bonds is 6. The number of nitrogens with zero attached hydrogens (tertiary/aromatic N) is 3. The fourth-order valence-electron chi connectivity index (χ4n) is 5.17. The van der Waals surface area contributed by atoms with Gasteiger partial charge in [0.1, 0.15) is 0 Å². The Labute approximate surface area is 166 Å². The zero-order valence-electron chi connectivity index (χ0n) is 17.8. The van der Waals surface area contributed by atoms with E-state index < -0.39 is 0 Å². The van der Waals surface area contributed by atoms with E-state index >= 15 is 0 Å². The molecule has 1 aliphatic carbocycles. The molecular weight excluding hydrogens is 336 g/mol. The molecule has 3 rings (SSSR count). The summed E-state index contributed by atoms with van der Waals surface area (Å²) in [6.07, 6.45) is 10.9. The second kappa shape index (κ2) is 10.8. The third kappa shape index (κ3) is 6.72. The highest BCUT2D eigenvalue weighted by Gasteiger charge is 2.29. The van der Waals surface area contributed by atoms with Crippen LogP contribution in [-0.2, 0) is 4.79 Å². The number of likely N-dealkylation sites (N-methyl/N-ethyl adjacent to an activating group) is 1. The molecule has 0 aromatic rings. The molecule has 0 aromatic heterocycles. The maximum absolute atomic E-state index is 12.3. The Morgan fingerprint density at radius 3 is 2.19 bits per heavy atom. The van der Waals surface area contributed by atoms with Crippen molar-refractivity contribution >= 4 is 5.91 Å². The molecule has 2 heterocycles. The molecule has 1 amide bonds. The first-order chi connectivity index (χ1) is 13.1. The lowest BCUT2D eigenvalue weighted by Gasteiger charge is -2.42. The van der Waals surface area contributed by atoms with E-state index in [0.717, 1.165) is 12.5 Å². The molecule has 0 spiro atoms. The number of hydrogen-bond acceptors (Lipinski definition) is 4. The molecular formula is C22H42N4O. The van der Waals surface area contributed by atoms with Gasteiger partial charge in [0, 0.05) is 51.2 Å². The van der Waals surface area contributed by atoms with E-state index in [1.54, 1.807) is 0 Å². The van der Waals surface area contributed by atoms with Gasteiger partial charge in [-0.1, -0.05) is 25.7 Å². The molecule has 3 fully saturated rings. The summed E-state index contributed by atoms with van der Waals surface area (Å²) in [6.45, 7) is 10.6. The van der Waals surface area contributed by atoms with Crippen LogP contribution >= 0.6 is 0 Å². The van der Waals surface area contributed by atoms with E-state index in [2.05, 4.69) is 34.0 Å². The van der Waals surface area contributed by atoms with Crippen LogP contribution in [0.4, 0.5) is 0 Å². The molecule has 1 N–H and O–H groups in total. The molecule has 0 radical (unpaired) electrons. The van der Waals surface area contributed by atoms with Gasteiger partial charge in [-0.25, -0.2) is 0 Å². The molecule has 3 aliphatic rings. The van der Waals surface area contributed by atoms with Gasteiger partial charge >= 0.3 is 0 Å². The number of carbonyl (C=O) groups is 1. The first-order valence-electron chi connectivity index (χ1n) is 11.6. The number of amides is 1. The summed E-state index contributed by atoms with van der Waals surface area (Å²) in [7, 11) is 2.23. The molecule has 0 bridgehead atoms. The van der Waals surface area contributed by atoms with Crippen molar-refractivity contribution in [1.29, 1.82) is 0 Å². The fraction of sp³-hybridized carbons (Fsp3) is 0.955. The van der Waals surface area contributed by atoms with Gasteiger partial charge in [0.2, 0.25) is 5.91 Å². The van der Waals surface area contributed by atoms with Gasteiger partial charge in [0.05, 0.1) is 0 Å². The summed E-state index contributed by atoms with van der Waals surface area (Å²) in [4.78, 5) is 20.0. The van der Waals surface area contributed by atoms with Crippen molar-refractivity contribution in [1.82, 2.24) is 20.0 Å². The summed E-state index contributed by atoms with van der Waals surface area (Å²) >= 11 is 0. The van der Waals surface area contributed by atoms with Crippen molar-refractivity contribution in [3.05, 3.63) is 0 Å². The Morgan fingerprint density at radius 1 is 0.926 bits per heavy atom. The van der Waals surface area contributed by atoms with E-state index in [1.807, 2.05) is 0 Å². The second-order valence-corrected chi connectivity index (χ2v) is 9.26. The highest BCUT2D eigenvalue weighted by atomic mass is 16.1. The van der Waals surface area contributed by atoms with Gasteiger partial charge in [-0.15, -0.1) is 0 Å². The average molecular weight is 379 g/mol. The standard InChI is InChI=1S/C22H42N4O/c1-19(26-17-15-24(2)16-18-26)20-9-12-25(13-10-20)14-11-22(27)23-21-7-5-3-4-6-8-21/h19-21H,3-18H2,1-2H3,(H,23,27). The summed E-state index contributed by atoms with van der Waals surface area (Å²) in [6, 6.07) is 1.15. The van der Waals surface area contributed by atoms with E-state index in [9.17, 15) is 4.79 Å². The Balaban J connectivity index is 1.31. The van der Waals surface area contributed by atoms with Crippen LogP contribution in [0.25, 0.3) is 0 Å². The monoisotopic (exact) mass is 378 g/mol. The molecule has 27 heavy (non-hydrogen) atoms. The summed E-state index contributed by atoms with van der Waals surface area (Å²) in [5.41, 5.74) is 0. The summed E-state index contributed by atoms with van der Waals surface area (Å²) in [5, 5.41) is 3.30. The lowest BCUT2D eigenvalue weighted by atomic mass is 9.89. The van der Waals surface area contributed by atoms with Crippen LogP contribution in [0.3, 0.4) is 0 Å². The summed E-state index contributed by atoms with van der Waals surface area (Å²) in [5.74, 6) is 1.10. The van der Waals surface area contributed by atoms with Crippen LogP contribution in [0.2, 0.25) is 0 Å². The maximum Gasteiger partial charge on any atom is 0.221 e. The topological polar surface area (TPSA) is 38.8 Å². The molecule has 5 heteroatoms. The first kappa shape index (κ1) is 21.1. The number of piperidine rings is 1. The van der Waals surface area contributed by atoms with E-state index in [1.165, 1.54) is 90.6 Å². The van der Waals surface area contributed by atoms with Crippen molar-refractivity contribution in [2.75, 3.05) is 52.9 Å². The van der Waals surface area contributed by atoms with Gasteiger partial charge in [-0.2, -0.15) is 0 Å². The SMILES string of the molecule is CC(C1CCN(CCC(=O)NC2CCCCCC2)CC1)N1CCN(C)CC1. The lowest BCUT2D eigenvalue weighted by molar-refractivity contribution is -0.122. The van der Waals surface area contributed by atoms with Crippen molar-refractivity contribution in [2.45, 2.75) is 76.8 Å². The third-order valence-corrected chi connectivity index (χ3v) is 7.30. The smallest absolute Gasteiger partial charge is 0.221 e. The molecule has 2 saturated heterocycles. The van der Waals surface area contributed by atoms with Crippen molar-refractivity contribution in [3.63, 3.8) is 0 Å². The van der Waals surface area contributed by atoms with Gasteiger partial charge in [-0.3, -0.25) is 9.69 Å². The molecule has 1 unspecified atom stereocenters. The second-order valence-electron chi connectivity index (χ2n) is 9.26. The van der Waals surface area contributed by atoms with Crippen molar-refractivity contribution < 1.29 is 4.79 Å². The average Bonchev–Trinajstić information content (AvgIpc) is 2.95. The highest BCUT2D eigenvalue weighted by molar-refractivity contribution is 5.76. The lowest BCUT2D eigenvalue weighted by Crippen LogP contribution is -2.51. The Hall–Kier alpha value is -0.650. The number of hydrogen-bond donors (Lipinski definition) is 1. The Morgan fingerprint density at radius 2 is 1.56 bits per heavy atom. The number of likely N-dealkylation sites (tertiary alicyclic amines) is 1. The third-order valence-electron chi connectivity index (χ3n) is 7.30. The Kier molecular flexibility index (Phi) is 8.41. The summed E-state index contributed by atoms with van der Waals surface area (Å²) < 4.78 is 0. The van der Waals surface area contributed by atoms with Crippen LogP contribution in [0.15, 0.2) is 0 Å². The van der Waals surface area contributed by atoms with Crippen molar-refractivity contribution in [2.24, 2.45) is 5.92 Å². The van der Waals surface area contributed by atoms with Crippen LogP contribution < -0.4 is 5.32 Å². The van der Waals surface area contributed by atoms with Crippen LogP contribution in [0, 0.1) is 5.92 Å². The molecule has 5 nitrogen and oxygen atoms in total. The van der Waals surface area contributed by atoms with Crippen LogP contribution in [0.1, 0.15) is 64.7 Å². The van der Waals surface area contributed by atoms with Gasteiger partial charge in [-0.05, 0) is 58.7 Å². The highest BCUT2D eigenvalue weighted by Crippen LogP contribution is 2.25. The van der Waals surface area contributed by atoms with Gasteiger partial charge < -0.3 is 15.1 Å². The maximum atomic E-state index is 12.3. The minimum atomic E-state index is 0.273. The zero-order chi connectivity index (χ0) is 19.1. The molecule has 1 saturated carbocycles. The zero-order valence-corrected chi connectivity index (χ0v) is 17.8. The number of carbonyl (C=O) groups excluding carboxylic acids is 1. The minimum absolute atomic E-state index is 0.273. The first-order valence-corrected chi connectivity index (χ1v) is 11.6. The van der Waals surface area contributed by atoms with Crippen molar-refractivity contribution in [3.8, 4) is 0 Å². The van der Waals surface area contributed by atoms with Crippen LogP contribution in [0.5, 0.6) is 0 Å². The van der Waals surface area contributed by atoms with Crippen LogP contribution in [-0.4, -0.2) is 85.6 Å². The number of nitrogens with one attached hydrogen (secondary N) is 1.